The molecular formula is C17H14ClFO4. The van der Waals surface area contributed by atoms with E-state index in [0.717, 1.165) is 6.07 Å². The van der Waals surface area contributed by atoms with E-state index < -0.39 is 11.8 Å². The van der Waals surface area contributed by atoms with E-state index in [1.165, 1.54) is 37.5 Å². The van der Waals surface area contributed by atoms with Gasteiger partial charge in [0.15, 0.2) is 11.5 Å². The van der Waals surface area contributed by atoms with Crippen LogP contribution in [0.1, 0.15) is 16.7 Å². The molecule has 4 nitrogen and oxygen atoms in total. The highest BCUT2D eigenvalue weighted by molar-refractivity contribution is 6.32. The highest BCUT2D eigenvalue weighted by Gasteiger charge is 2.14. The number of aromatic hydroxyl groups is 1. The Hall–Kier alpha value is -2.53. The van der Waals surface area contributed by atoms with Crippen LogP contribution in [0.2, 0.25) is 5.02 Å². The summed E-state index contributed by atoms with van der Waals surface area (Å²) in [6.07, 6.45) is 1.33. The van der Waals surface area contributed by atoms with E-state index >= 15 is 0 Å². The zero-order valence-corrected chi connectivity index (χ0v) is 13.2. The van der Waals surface area contributed by atoms with Gasteiger partial charge in [0.2, 0.25) is 0 Å². The number of carboxylic acid groups (broad SMARTS) is 1. The summed E-state index contributed by atoms with van der Waals surface area (Å²) in [5.41, 5.74) is 0.951. The molecular weight excluding hydrogens is 323 g/mol. The first kappa shape index (κ1) is 16.8. The third-order valence-electron chi connectivity index (χ3n) is 3.29. The molecule has 2 aromatic rings. The van der Waals surface area contributed by atoms with Gasteiger partial charge in [-0.2, -0.15) is 0 Å². The third-order valence-corrected chi connectivity index (χ3v) is 3.58. The van der Waals surface area contributed by atoms with E-state index in [-0.39, 0.29) is 27.7 Å². The maximum absolute atomic E-state index is 13.7. The molecule has 0 aliphatic heterocycles. The number of hydrogen-bond donors (Lipinski definition) is 2. The van der Waals surface area contributed by atoms with Crippen molar-refractivity contribution < 1.29 is 24.1 Å². The van der Waals surface area contributed by atoms with Crippen molar-refractivity contribution in [3.05, 3.63) is 57.9 Å². The van der Waals surface area contributed by atoms with E-state index in [2.05, 4.69) is 0 Å². The average molecular weight is 337 g/mol. The molecule has 23 heavy (non-hydrogen) atoms. The molecule has 2 N–H and O–H groups in total. The van der Waals surface area contributed by atoms with Gasteiger partial charge in [-0.25, -0.2) is 9.18 Å². The summed E-state index contributed by atoms with van der Waals surface area (Å²) in [6, 6.07) is 7.03. The second kappa shape index (κ2) is 6.71. The van der Waals surface area contributed by atoms with Crippen LogP contribution in [-0.4, -0.2) is 23.3 Å². The Balaban J connectivity index is 2.57. The zero-order valence-electron chi connectivity index (χ0n) is 12.4. The predicted molar refractivity (Wildman–Crippen MR) is 86.3 cm³/mol. The number of carbonyl (C=O) groups is 1. The fraction of sp³-hybridized carbons (Fsp3) is 0.118. The molecule has 0 bridgehead atoms. The van der Waals surface area contributed by atoms with Crippen LogP contribution in [0.5, 0.6) is 11.5 Å². The number of methoxy groups -OCH3 is 1. The number of benzene rings is 2. The molecule has 0 amide bonds. The molecule has 2 rings (SSSR count). The number of aliphatic carboxylic acids is 1. The van der Waals surface area contributed by atoms with Gasteiger partial charge < -0.3 is 14.9 Å². The number of ether oxygens (including phenoxy) is 1. The summed E-state index contributed by atoms with van der Waals surface area (Å²) in [5, 5.41) is 19.1. The molecule has 0 aliphatic rings. The van der Waals surface area contributed by atoms with Crippen LogP contribution in [-0.2, 0) is 4.79 Å². The summed E-state index contributed by atoms with van der Waals surface area (Å²) < 4.78 is 18.7. The lowest BCUT2D eigenvalue weighted by molar-refractivity contribution is -0.130. The first-order chi connectivity index (χ1) is 10.8. The minimum absolute atomic E-state index is 0.0235. The summed E-state index contributed by atoms with van der Waals surface area (Å²) in [6.45, 7) is 1.59. The van der Waals surface area contributed by atoms with Crippen molar-refractivity contribution in [3.63, 3.8) is 0 Å². The Kier molecular flexibility index (Phi) is 4.91. The Labute approximate surface area is 137 Å². The number of phenolic OH excluding ortho intramolecular Hbond substituents is 1. The molecule has 0 aliphatic carbocycles. The molecule has 2 aromatic carbocycles. The molecule has 0 radical (unpaired) electrons. The molecule has 0 aromatic heterocycles. The van der Waals surface area contributed by atoms with Gasteiger partial charge >= 0.3 is 5.97 Å². The molecule has 0 saturated heterocycles. The van der Waals surface area contributed by atoms with Crippen molar-refractivity contribution in [1.82, 2.24) is 0 Å². The van der Waals surface area contributed by atoms with Gasteiger partial charge in [0, 0.05) is 0 Å². The molecule has 0 spiro atoms. The van der Waals surface area contributed by atoms with Gasteiger partial charge in [0.25, 0.3) is 0 Å². The quantitative estimate of drug-likeness (QED) is 0.651. The predicted octanol–water partition coefficient (Wildman–Crippen LogP) is 4.13. The fourth-order valence-electron chi connectivity index (χ4n) is 2.03. The van der Waals surface area contributed by atoms with E-state index in [1.807, 2.05) is 0 Å². The summed E-state index contributed by atoms with van der Waals surface area (Å²) in [5.74, 6) is -1.82. The van der Waals surface area contributed by atoms with Crippen LogP contribution in [0.3, 0.4) is 0 Å². The minimum Gasteiger partial charge on any atom is -0.503 e. The highest BCUT2D eigenvalue weighted by atomic mass is 35.5. The SMILES string of the molecule is COc1cc(/C=C(\C(=O)O)c2ccc(C)c(F)c2)cc(Cl)c1O. The van der Waals surface area contributed by atoms with Crippen LogP contribution < -0.4 is 4.74 Å². The van der Waals surface area contributed by atoms with Crippen LogP contribution in [0.15, 0.2) is 30.3 Å². The summed E-state index contributed by atoms with van der Waals surface area (Å²) >= 11 is 5.89. The summed E-state index contributed by atoms with van der Waals surface area (Å²) in [4.78, 5) is 11.5. The number of aryl methyl sites for hydroxylation is 1. The van der Waals surface area contributed by atoms with Gasteiger partial charge in [-0.3, -0.25) is 0 Å². The second-order valence-electron chi connectivity index (χ2n) is 4.88. The number of carboxylic acids is 1. The molecule has 0 heterocycles. The standard InChI is InChI=1S/C17H14ClFO4/c1-9-3-4-11(8-14(9)19)12(17(21)22)5-10-6-13(18)16(20)15(7-10)23-2/h3-8,20H,1-2H3,(H,21,22)/b12-5-. The van der Waals surface area contributed by atoms with Gasteiger partial charge in [0.05, 0.1) is 17.7 Å². The smallest absolute Gasteiger partial charge is 0.336 e. The Morgan fingerprint density at radius 2 is 2.00 bits per heavy atom. The maximum atomic E-state index is 13.7. The van der Waals surface area contributed by atoms with Gasteiger partial charge in [-0.1, -0.05) is 23.7 Å². The van der Waals surface area contributed by atoms with Crippen LogP contribution in [0, 0.1) is 12.7 Å². The maximum Gasteiger partial charge on any atom is 0.336 e. The second-order valence-corrected chi connectivity index (χ2v) is 5.29. The molecule has 0 saturated carbocycles. The normalized spacial score (nSPS) is 11.4. The first-order valence-electron chi connectivity index (χ1n) is 6.61. The van der Waals surface area contributed by atoms with Crippen molar-refractivity contribution in [3.8, 4) is 11.5 Å². The largest absolute Gasteiger partial charge is 0.503 e. The molecule has 6 heteroatoms. The van der Waals surface area contributed by atoms with Crippen molar-refractivity contribution >= 4 is 29.2 Å². The average Bonchev–Trinajstić information content (AvgIpc) is 2.50. The Morgan fingerprint density at radius 1 is 1.30 bits per heavy atom. The van der Waals surface area contributed by atoms with Gasteiger partial charge in [0.1, 0.15) is 5.82 Å². The van der Waals surface area contributed by atoms with Crippen LogP contribution in [0.4, 0.5) is 4.39 Å². The van der Waals surface area contributed by atoms with Crippen LogP contribution in [0.25, 0.3) is 11.6 Å². The molecule has 0 atom stereocenters. The van der Waals surface area contributed by atoms with Crippen molar-refractivity contribution in [1.29, 1.82) is 0 Å². The number of rotatable bonds is 4. The van der Waals surface area contributed by atoms with E-state index in [1.54, 1.807) is 6.92 Å². The zero-order chi connectivity index (χ0) is 17.1. The lowest BCUT2D eigenvalue weighted by Gasteiger charge is -2.08. The van der Waals surface area contributed by atoms with Crippen molar-refractivity contribution in [2.24, 2.45) is 0 Å². The molecule has 120 valence electrons. The van der Waals surface area contributed by atoms with Gasteiger partial charge in [-0.05, 0) is 47.9 Å². The number of hydrogen-bond acceptors (Lipinski definition) is 3. The minimum atomic E-state index is -1.21. The van der Waals surface area contributed by atoms with Crippen LogP contribution >= 0.6 is 11.6 Å². The number of phenols is 1. The lowest BCUT2D eigenvalue weighted by Crippen LogP contribution is -2.01. The lowest BCUT2D eigenvalue weighted by atomic mass is 10.0. The monoisotopic (exact) mass is 336 g/mol. The number of halogens is 2. The fourth-order valence-corrected chi connectivity index (χ4v) is 2.25. The Morgan fingerprint density at radius 3 is 2.57 bits per heavy atom. The van der Waals surface area contributed by atoms with E-state index in [0.29, 0.717) is 11.1 Å². The third kappa shape index (κ3) is 3.63. The highest BCUT2D eigenvalue weighted by Crippen LogP contribution is 2.36. The van der Waals surface area contributed by atoms with Crippen molar-refractivity contribution in [2.75, 3.05) is 7.11 Å². The van der Waals surface area contributed by atoms with E-state index in [4.69, 9.17) is 16.3 Å². The molecule has 0 unspecified atom stereocenters. The van der Waals surface area contributed by atoms with E-state index in [9.17, 15) is 19.4 Å². The topological polar surface area (TPSA) is 66.8 Å². The first-order valence-corrected chi connectivity index (χ1v) is 6.99. The van der Waals surface area contributed by atoms with Crippen molar-refractivity contribution in [2.45, 2.75) is 6.92 Å². The van der Waals surface area contributed by atoms with Gasteiger partial charge in [-0.15, -0.1) is 0 Å². The summed E-state index contributed by atoms with van der Waals surface area (Å²) in [7, 11) is 1.35. The molecule has 0 fully saturated rings. The Bertz CT molecular complexity index is 799.